The van der Waals surface area contributed by atoms with Crippen LogP contribution in [-0.2, 0) is 13.1 Å². The molecule has 0 amide bonds. The molecule has 0 aliphatic heterocycles. The van der Waals surface area contributed by atoms with Crippen LogP contribution in [0.2, 0.25) is 0 Å². The van der Waals surface area contributed by atoms with Crippen molar-refractivity contribution in [2.75, 3.05) is 26.2 Å². The van der Waals surface area contributed by atoms with Gasteiger partial charge in [0.15, 0.2) is 0 Å². The third-order valence-electron chi connectivity index (χ3n) is 3.33. The smallest absolute Gasteiger partial charge is 0.257 e. The molecule has 0 saturated carbocycles. The van der Waals surface area contributed by atoms with E-state index < -0.39 is 6.43 Å². The van der Waals surface area contributed by atoms with Crippen LogP contribution in [0.3, 0.4) is 0 Å². The lowest BCUT2D eigenvalue weighted by Gasteiger charge is -2.17. The molecule has 110 valence electrons. The summed E-state index contributed by atoms with van der Waals surface area (Å²) >= 11 is 0. The molecule has 19 heavy (non-hydrogen) atoms. The zero-order valence-corrected chi connectivity index (χ0v) is 12.0. The molecular weight excluding hydrogens is 250 g/mol. The Balaban J connectivity index is 2.35. The van der Waals surface area contributed by atoms with Gasteiger partial charge in [-0.15, -0.1) is 0 Å². The predicted octanol–water partition coefficient (Wildman–Crippen LogP) is 1.89. The van der Waals surface area contributed by atoms with Gasteiger partial charge in [0.05, 0.1) is 6.20 Å². The molecule has 1 rings (SSSR count). The van der Waals surface area contributed by atoms with E-state index in [9.17, 15) is 8.78 Å². The first-order valence-electron chi connectivity index (χ1n) is 6.80. The van der Waals surface area contributed by atoms with Crippen LogP contribution in [0.15, 0.2) is 6.20 Å². The second kappa shape index (κ2) is 8.22. The van der Waals surface area contributed by atoms with Crippen LogP contribution in [0.25, 0.3) is 0 Å². The van der Waals surface area contributed by atoms with E-state index in [1.54, 1.807) is 6.20 Å². The molecule has 0 aliphatic rings. The Kier molecular flexibility index (Phi) is 6.94. The van der Waals surface area contributed by atoms with Crippen molar-refractivity contribution in [3.05, 3.63) is 17.5 Å². The van der Waals surface area contributed by atoms with Crippen LogP contribution in [0, 0.1) is 6.92 Å². The number of rotatable bonds is 9. The van der Waals surface area contributed by atoms with Crippen molar-refractivity contribution in [3.8, 4) is 0 Å². The molecule has 1 N–H and O–H groups in total. The van der Waals surface area contributed by atoms with Gasteiger partial charge in [-0.2, -0.15) is 5.10 Å². The van der Waals surface area contributed by atoms with E-state index in [0.717, 1.165) is 37.4 Å². The number of nitrogens with one attached hydrogen (secondary N) is 1. The van der Waals surface area contributed by atoms with Gasteiger partial charge in [0.1, 0.15) is 6.54 Å². The average Bonchev–Trinajstić information content (AvgIpc) is 2.71. The Morgan fingerprint density at radius 2 is 2.05 bits per heavy atom. The molecule has 0 unspecified atom stereocenters. The largest absolute Gasteiger partial charge is 0.311 e. The van der Waals surface area contributed by atoms with E-state index in [1.165, 1.54) is 4.68 Å². The van der Waals surface area contributed by atoms with Gasteiger partial charge in [-0.25, -0.2) is 8.78 Å². The zero-order chi connectivity index (χ0) is 14.3. The summed E-state index contributed by atoms with van der Waals surface area (Å²) in [5.41, 5.74) is 1.80. The second-order valence-corrected chi connectivity index (χ2v) is 4.53. The summed E-state index contributed by atoms with van der Waals surface area (Å²) in [7, 11) is 0. The summed E-state index contributed by atoms with van der Waals surface area (Å²) in [6.07, 6.45) is -0.690. The van der Waals surface area contributed by atoms with Crippen LogP contribution in [0.4, 0.5) is 8.78 Å². The maximum absolute atomic E-state index is 12.3. The van der Waals surface area contributed by atoms with Crippen molar-refractivity contribution >= 4 is 0 Å². The molecule has 1 aromatic heterocycles. The fourth-order valence-electron chi connectivity index (χ4n) is 1.97. The molecule has 0 fully saturated rings. The van der Waals surface area contributed by atoms with E-state index in [2.05, 4.69) is 29.2 Å². The van der Waals surface area contributed by atoms with E-state index >= 15 is 0 Å². The van der Waals surface area contributed by atoms with Gasteiger partial charge >= 0.3 is 0 Å². The Morgan fingerprint density at radius 1 is 1.37 bits per heavy atom. The number of hydrogen-bond acceptors (Lipinski definition) is 3. The summed E-state index contributed by atoms with van der Waals surface area (Å²) in [6.45, 7) is 10.4. The topological polar surface area (TPSA) is 33.1 Å². The molecular formula is C13H24F2N4. The van der Waals surface area contributed by atoms with Crippen LogP contribution in [-0.4, -0.2) is 47.3 Å². The summed E-state index contributed by atoms with van der Waals surface area (Å²) in [5.74, 6) is 0. The normalized spacial score (nSPS) is 11.7. The first kappa shape index (κ1) is 16.0. The first-order chi connectivity index (χ1) is 9.08. The number of halogens is 2. The quantitative estimate of drug-likeness (QED) is 0.698. The van der Waals surface area contributed by atoms with Crippen molar-refractivity contribution in [3.63, 3.8) is 0 Å². The molecule has 0 bridgehead atoms. The van der Waals surface area contributed by atoms with E-state index in [4.69, 9.17) is 0 Å². The molecule has 6 heteroatoms. The Morgan fingerprint density at radius 3 is 2.63 bits per heavy atom. The van der Waals surface area contributed by atoms with Crippen molar-refractivity contribution in [2.24, 2.45) is 0 Å². The molecule has 1 aromatic rings. The Bertz CT molecular complexity index is 362. The lowest BCUT2D eigenvalue weighted by molar-refractivity contribution is 0.121. The van der Waals surface area contributed by atoms with Crippen molar-refractivity contribution in [2.45, 2.75) is 40.3 Å². The fraction of sp³-hybridized carbons (Fsp3) is 0.769. The molecule has 0 saturated heterocycles. The zero-order valence-electron chi connectivity index (χ0n) is 12.0. The maximum atomic E-state index is 12.3. The standard InChI is InChI=1S/C13H24F2N4/c1-4-18(5-2)7-6-16-8-12-9-17-19(11(12)3)10-13(14)15/h9,13,16H,4-8,10H2,1-3H3. The molecule has 0 spiro atoms. The molecule has 0 atom stereocenters. The third kappa shape index (κ3) is 5.24. The fourth-order valence-corrected chi connectivity index (χ4v) is 1.97. The van der Waals surface area contributed by atoms with Crippen LogP contribution < -0.4 is 5.32 Å². The minimum atomic E-state index is -2.36. The van der Waals surface area contributed by atoms with Gasteiger partial charge in [0, 0.05) is 30.9 Å². The minimum absolute atomic E-state index is 0.328. The monoisotopic (exact) mass is 274 g/mol. The van der Waals surface area contributed by atoms with Crippen molar-refractivity contribution in [1.82, 2.24) is 20.0 Å². The molecule has 0 aromatic carbocycles. The van der Waals surface area contributed by atoms with Crippen molar-refractivity contribution in [1.29, 1.82) is 0 Å². The van der Waals surface area contributed by atoms with Crippen LogP contribution in [0.5, 0.6) is 0 Å². The molecule has 0 radical (unpaired) electrons. The maximum Gasteiger partial charge on any atom is 0.257 e. The number of likely N-dealkylation sites (N-methyl/N-ethyl adjacent to an activating group) is 1. The summed E-state index contributed by atoms with van der Waals surface area (Å²) in [6, 6.07) is 0. The Labute approximate surface area is 113 Å². The van der Waals surface area contributed by atoms with Gasteiger partial charge in [0.2, 0.25) is 0 Å². The number of aromatic nitrogens is 2. The highest BCUT2D eigenvalue weighted by Gasteiger charge is 2.10. The minimum Gasteiger partial charge on any atom is -0.311 e. The van der Waals surface area contributed by atoms with Crippen LogP contribution >= 0.6 is 0 Å². The molecule has 4 nitrogen and oxygen atoms in total. The lowest BCUT2D eigenvalue weighted by atomic mass is 10.2. The van der Waals surface area contributed by atoms with Crippen LogP contribution in [0.1, 0.15) is 25.1 Å². The van der Waals surface area contributed by atoms with Gasteiger partial charge in [-0.1, -0.05) is 13.8 Å². The molecule has 0 aliphatic carbocycles. The Hall–Kier alpha value is -1.01. The highest BCUT2D eigenvalue weighted by atomic mass is 19.3. The van der Waals surface area contributed by atoms with Crippen molar-refractivity contribution < 1.29 is 8.78 Å². The van der Waals surface area contributed by atoms with Gasteiger partial charge in [-0.05, 0) is 20.0 Å². The average molecular weight is 274 g/mol. The predicted molar refractivity (Wildman–Crippen MR) is 72.5 cm³/mol. The SMILES string of the molecule is CCN(CC)CCNCc1cnn(CC(F)F)c1C. The summed E-state index contributed by atoms with van der Waals surface area (Å²) < 4.78 is 26.0. The van der Waals surface area contributed by atoms with Gasteiger partial charge in [0.25, 0.3) is 6.43 Å². The number of hydrogen-bond donors (Lipinski definition) is 1. The second-order valence-electron chi connectivity index (χ2n) is 4.53. The highest BCUT2D eigenvalue weighted by molar-refractivity contribution is 5.15. The number of nitrogens with zero attached hydrogens (tertiary/aromatic N) is 3. The summed E-state index contributed by atoms with van der Waals surface area (Å²) in [4.78, 5) is 2.33. The number of alkyl halides is 2. The molecule has 1 heterocycles. The van der Waals surface area contributed by atoms with E-state index in [1.807, 2.05) is 6.92 Å². The first-order valence-corrected chi connectivity index (χ1v) is 6.80. The van der Waals surface area contributed by atoms with Gasteiger partial charge < -0.3 is 10.2 Å². The van der Waals surface area contributed by atoms with Gasteiger partial charge in [-0.3, -0.25) is 4.68 Å². The third-order valence-corrected chi connectivity index (χ3v) is 3.33. The van der Waals surface area contributed by atoms with E-state index in [0.29, 0.717) is 6.54 Å². The summed E-state index contributed by atoms with van der Waals surface area (Å²) in [5, 5.41) is 7.31. The lowest BCUT2D eigenvalue weighted by Crippen LogP contribution is -2.31. The van der Waals surface area contributed by atoms with E-state index in [-0.39, 0.29) is 6.54 Å². The highest BCUT2D eigenvalue weighted by Crippen LogP contribution is 2.08.